The van der Waals surface area contributed by atoms with Gasteiger partial charge in [0.2, 0.25) is 0 Å². The monoisotopic (exact) mass is 421 g/mol. The van der Waals surface area contributed by atoms with Gasteiger partial charge in [0.25, 0.3) is 5.91 Å². The largest absolute Gasteiger partial charge is 0.396 e. The molecule has 1 atom stereocenters. The number of hydrogen-bond acceptors (Lipinski definition) is 6. The Labute approximate surface area is 173 Å². The first-order valence-electron chi connectivity index (χ1n) is 9.05. The summed E-state index contributed by atoms with van der Waals surface area (Å²) >= 11 is 12.4. The molecule has 1 aromatic heterocycles. The van der Waals surface area contributed by atoms with Gasteiger partial charge in [-0.05, 0) is 29.7 Å². The third-order valence-corrected chi connectivity index (χ3v) is 5.80. The third kappa shape index (κ3) is 3.57. The lowest BCUT2D eigenvalue weighted by Crippen LogP contribution is -2.52. The number of carbonyl (C=O) groups is 1. The highest BCUT2D eigenvalue weighted by Crippen LogP contribution is 2.31. The second kappa shape index (κ2) is 7.66. The van der Waals surface area contributed by atoms with Gasteiger partial charge in [-0.2, -0.15) is 0 Å². The Morgan fingerprint density at radius 1 is 1.21 bits per heavy atom. The van der Waals surface area contributed by atoms with E-state index in [9.17, 15) is 4.79 Å². The molecule has 28 heavy (non-hydrogen) atoms. The minimum atomic E-state index is -0.581. The van der Waals surface area contributed by atoms with E-state index in [0.717, 1.165) is 16.8 Å². The Kier molecular flexibility index (Phi) is 5.23. The molecule has 2 aliphatic heterocycles. The molecule has 0 spiro atoms. The SMILES string of the molecule is Nc1cncc(N2CCOC(C(=O)N3CCc4cc(Cl)cc(Cl)c4C3)C2)c1N. The number of benzene rings is 1. The maximum Gasteiger partial charge on any atom is 0.253 e. The van der Waals surface area contributed by atoms with Crippen LogP contribution < -0.4 is 16.4 Å². The summed E-state index contributed by atoms with van der Waals surface area (Å²) in [6, 6.07) is 3.63. The fraction of sp³-hybridized carbons (Fsp3) is 0.368. The molecule has 4 N–H and O–H groups in total. The van der Waals surface area contributed by atoms with Crippen LogP contribution in [0.2, 0.25) is 10.0 Å². The average molecular weight is 422 g/mol. The molecule has 9 heteroatoms. The zero-order chi connectivity index (χ0) is 19.8. The second-order valence-electron chi connectivity index (χ2n) is 7.00. The Morgan fingerprint density at radius 3 is 2.86 bits per heavy atom. The number of rotatable bonds is 2. The van der Waals surface area contributed by atoms with Crippen molar-refractivity contribution in [1.82, 2.24) is 9.88 Å². The third-order valence-electron chi connectivity index (χ3n) is 5.24. The predicted octanol–water partition coefficient (Wildman–Crippen LogP) is 2.34. The quantitative estimate of drug-likeness (QED) is 0.771. The predicted molar refractivity (Wildman–Crippen MR) is 111 cm³/mol. The minimum absolute atomic E-state index is 0.0585. The molecular formula is C19H21Cl2N5O2. The van der Waals surface area contributed by atoms with Crippen LogP contribution in [0.1, 0.15) is 11.1 Å². The van der Waals surface area contributed by atoms with Gasteiger partial charge in [-0.25, -0.2) is 0 Å². The standard InChI is InChI=1S/C19H21Cl2N5O2/c20-12-5-11-1-2-26(9-13(11)14(21)6-12)19(27)17-10-25(3-4-28-17)16-8-24-7-15(22)18(16)23/h5-8,17H,1-4,9-10,22H2,(H2,23,24). The van der Waals surface area contributed by atoms with Gasteiger partial charge in [0.15, 0.2) is 6.10 Å². The van der Waals surface area contributed by atoms with Gasteiger partial charge >= 0.3 is 0 Å². The van der Waals surface area contributed by atoms with Crippen LogP contribution in [0.15, 0.2) is 24.5 Å². The number of anilines is 3. The Balaban J connectivity index is 1.50. The molecule has 0 aliphatic carbocycles. The van der Waals surface area contributed by atoms with Gasteiger partial charge < -0.3 is 26.0 Å². The van der Waals surface area contributed by atoms with E-state index >= 15 is 0 Å². The number of nitrogen functional groups attached to an aromatic ring is 2. The van der Waals surface area contributed by atoms with E-state index in [1.807, 2.05) is 11.0 Å². The molecule has 1 aromatic carbocycles. The van der Waals surface area contributed by atoms with Crippen molar-refractivity contribution in [3.63, 3.8) is 0 Å². The Bertz CT molecular complexity index is 923. The van der Waals surface area contributed by atoms with E-state index in [1.165, 1.54) is 6.20 Å². The van der Waals surface area contributed by atoms with E-state index < -0.39 is 6.10 Å². The number of pyridine rings is 1. The molecule has 1 fully saturated rings. The van der Waals surface area contributed by atoms with Gasteiger partial charge in [0.1, 0.15) is 0 Å². The summed E-state index contributed by atoms with van der Waals surface area (Å²) < 4.78 is 5.77. The van der Waals surface area contributed by atoms with Crippen LogP contribution in [-0.2, 0) is 22.5 Å². The van der Waals surface area contributed by atoms with Gasteiger partial charge in [-0.3, -0.25) is 9.78 Å². The molecule has 148 valence electrons. The molecule has 0 bridgehead atoms. The van der Waals surface area contributed by atoms with E-state index in [2.05, 4.69) is 4.98 Å². The van der Waals surface area contributed by atoms with Crippen molar-refractivity contribution in [2.75, 3.05) is 42.6 Å². The number of morpholine rings is 1. The highest BCUT2D eigenvalue weighted by atomic mass is 35.5. The van der Waals surface area contributed by atoms with Gasteiger partial charge in [-0.15, -0.1) is 0 Å². The van der Waals surface area contributed by atoms with Gasteiger partial charge in [0, 0.05) is 29.7 Å². The van der Waals surface area contributed by atoms with Crippen molar-refractivity contribution in [3.8, 4) is 0 Å². The molecule has 0 radical (unpaired) electrons. The van der Waals surface area contributed by atoms with Crippen LogP contribution in [0.5, 0.6) is 0 Å². The molecule has 1 saturated heterocycles. The number of amides is 1. The van der Waals surface area contributed by atoms with Crippen LogP contribution >= 0.6 is 23.2 Å². The van der Waals surface area contributed by atoms with Crippen LogP contribution in [-0.4, -0.2) is 48.1 Å². The number of nitrogens with zero attached hydrogens (tertiary/aromatic N) is 3. The van der Waals surface area contributed by atoms with E-state index in [4.69, 9.17) is 39.4 Å². The average Bonchev–Trinajstić information content (AvgIpc) is 2.69. The number of fused-ring (bicyclic) bond motifs is 1. The van der Waals surface area contributed by atoms with E-state index in [1.54, 1.807) is 17.2 Å². The first-order valence-corrected chi connectivity index (χ1v) is 9.80. The molecular weight excluding hydrogens is 401 g/mol. The second-order valence-corrected chi connectivity index (χ2v) is 7.85. The zero-order valence-corrected chi connectivity index (χ0v) is 16.7. The summed E-state index contributed by atoms with van der Waals surface area (Å²) in [4.78, 5) is 21.0. The highest BCUT2D eigenvalue weighted by molar-refractivity contribution is 6.35. The molecule has 4 rings (SSSR count). The number of ether oxygens (including phenoxy) is 1. The molecule has 1 amide bonds. The first-order chi connectivity index (χ1) is 13.4. The Hall–Kier alpha value is -2.22. The summed E-state index contributed by atoms with van der Waals surface area (Å²) in [6.45, 7) is 2.49. The van der Waals surface area contributed by atoms with Crippen molar-refractivity contribution < 1.29 is 9.53 Å². The van der Waals surface area contributed by atoms with Gasteiger partial charge in [-0.1, -0.05) is 23.2 Å². The molecule has 2 aromatic rings. The van der Waals surface area contributed by atoms with Crippen LogP contribution in [0, 0.1) is 0 Å². The fourth-order valence-electron chi connectivity index (χ4n) is 3.72. The maximum atomic E-state index is 13.1. The molecule has 3 heterocycles. The maximum absolute atomic E-state index is 13.1. The minimum Gasteiger partial charge on any atom is -0.396 e. The summed E-state index contributed by atoms with van der Waals surface area (Å²) in [7, 11) is 0. The normalized spacial score (nSPS) is 19.4. The molecule has 2 aliphatic rings. The van der Waals surface area contributed by atoms with Crippen molar-refractivity contribution in [2.24, 2.45) is 0 Å². The summed E-state index contributed by atoms with van der Waals surface area (Å²) in [5, 5.41) is 1.20. The van der Waals surface area contributed by atoms with Crippen molar-refractivity contribution in [2.45, 2.75) is 19.1 Å². The highest BCUT2D eigenvalue weighted by Gasteiger charge is 2.33. The lowest BCUT2D eigenvalue weighted by atomic mass is 9.99. The summed E-state index contributed by atoms with van der Waals surface area (Å²) in [5.41, 5.74) is 15.6. The lowest BCUT2D eigenvalue weighted by molar-refractivity contribution is -0.145. The summed E-state index contributed by atoms with van der Waals surface area (Å²) in [5.74, 6) is -0.0585. The number of halogens is 2. The van der Waals surface area contributed by atoms with Gasteiger partial charge in [0.05, 0.1) is 42.6 Å². The van der Waals surface area contributed by atoms with Crippen molar-refractivity contribution in [1.29, 1.82) is 0 Å². The zero-order valence-electron chi connectivity index (χ0n) is 15.2. The number of nitrogens with two attached hydrogens (primary N) is 2. The van der Waals surface area contributed by atoms with E-state index in [-0.39, 0.29) is 5.91 Å². The van der Waals surface area contributed by atoms with Crippen LogP contribution in [0.25, 0.3) is 0 Å². The number of hydrogen-bond donors (Lipinski definition) is 2. The topological polar surface area (TPSA) is 97.7 Å². The molecule has 1 unspecified atom stereocenters. The smallest absolute Gasteiger partial charge is 0.253 e. The van der Waals surface area contributed by atoms with E-state index in [0.29, 0.717) is 60.6 Å². The molecule has 7 nitrogen and oxygen atoms in total. The number of aromatic nitrogens is 1. The van der Waals surface area contributed by atoms with Crippen LogP contribution in [0.4, 0.5) is 17.1 Å². The number of carbonyl (C=O) groups excluding carboxylic acids is 1. The summed E-state index contributed by atoms with van der Waals surface area (Å²) in [6.07, 6.45) is 3.31. The van der Waals surface area contributed by atoms with Crippen LogP contribution in [0.3, 0.4) is 0 Å². The first kappa shape index (κ1) is 19.1. The molecule has 0 saturated carbocycles. The van der Waals surface area contributed by atoms with Crippen molar-refractivity contribution in [3.05, 3.63) is 45.7 Å². The lowest BCUT2D eigenvalue weighted by Gasteiger charge is -2.38. The van der Waals surface area contributed by atoms with Crippen molar-refractivity contribution >= 4 is 46.2 Å². The Morgan fingerprint density at radius 2 is 2.04 bits per heavy atom. The fourth-order valence-corrected chi connectivity index (χ4v) is 4.31.